The molecule has 3 amide bonds. The van der Waals surface area contributed by atoms with Gasteiger partial charge in [-0.2, -0.15) is 0 Å². The monoisotopic (exact) mass is 366 g/mol. The maximum atomic E-state index is 12.5. The summed E-state index contributed by atoms with van der Waals surface area (Å²) >= 11 is 1.05. The van der Waals surface area contributed by atoms with Crippen molar-refractivity contribution in [3.05, 3.63) is 16.4 Å². The largest absolute Gasteiger partial charge is 0.396 e. The van der Waals surface area contributed by atoms with Crippen LogP contribution in [-0.4, -0.2) is 78.5 Å². The molecule has 0 aromatic carbocycles. The van der Waals surface area contributed by atoms with E-state index in [1.807, 2.05) is 6.92 Å². The maximum Gasteiger partial charge on any atom is 0.396 e. The number of aromatic nitrogens is 2. The molecule has 12 heteroatoms. The molecule has 2 aliphatic rings. The van der Waals surface area contributed by atoms with Crippen molar-refractivity contribution < 1.29 is 19.1 Å². The van der Waals surface area contributed by atoms with E-state index in [2.05, 4.69) is 9.98 Å². The molecule has 0 saturated carbocycles. The summed E-state index contributed by atoms with van der Waals surface area (Å²) in [5.74, 6) is -0.333. The van der Waals surface area contributed by atoms with Gasteiger partial charge in [-0.15, -0.1) is 0 Å². The number of imide groups is 1. The minimum Gasteiger partial charge on any atom is -0.358 e. The number of aryl methyl sites for hydroxylation is 1. The van der Waals surface area contributed by atoms with Crippen molar-refractivity contribution >= 4 is 40.5 Å². The highest BCUT2D eigenvalue weighted by Gasteiger charge is 2.53. The SMILES string of the molecule is CC[N+]1=C(Sc2c([N+](=O)[O-])ncn2C)N=C2C1C(=O)N(C)C(=O)N2C. The van der Waals surface area contributed by atoms with Gasteiger partial charge in [-0.3, -0.25) is 14.6 Å². The number of imidazole rings is 1. The Morgan fingerprint density at radius 1 is 1.32 bits per heavy atom. The first-order valence-corrected chi connectivity index (χ1v) is 8.20. The second-order valence-electron chi connectivity index (χ2n) is 5.52. The molecular formula is C13H16N7O4S+. The minimum absolute atomic E-state index is 0.279. The van der Waals surface area contributed by atoms with Crippen LogP contribution in [0.4, 0.5) is 10.6 Å². The van der Waals surface area contributed by atoms with Gasteiger partial charge in [0, 0.05) is 32.9 Å². The predicted octanol–water partition coefficient (Wildman–Crippen LogP) is 0.113. The predicted molar refractivity (Wildman–Crippen MR) is 88.7 cm³/mol. The zero-order valence-corrected chi connectivity index (χ0v) is 14.9. The first-order chi connectivity index (χ1) is 11.8. The summed E-state index contributed by atoms with van der Waals surface area (Å²) < 4.78 is 3.24. The highest BCUT2D eigenvalue weighted by molar-refractivity contribution is 8.13. The van der Waals surface area contributed by atoms with E-state index >= 15 is 0 Å². The first-order valence-electron chi connectivity index (χ1n) is 7.38. The number of carbonyl (C=O) groups is 2. The zero-order valence-electron chi connectivity index (χ0n) is 14.0. The molecule has 132 valence electrons. The number of hydrogen-bond acceptors (Lipinski definition) is 7. The van der Waals surface area contributed by atoms with Crippen molar-refractivity contribution in [3.8, 4) is 0 Å². The van der Waals surface area contributed by atoms with Crippen molar-refractivity contribution in [1.82, 2.24) is 19.4 Å². The molecule has 1 atom stereocenters. The van der Waals surface area contributed by atoms with Crippen LogP contribution in [0.1, 0.15) is 6.92 Å². The van der Waals surface area contributed by atoms with Gasteiger partial charge in [0.05, 0.1) is 6.54 Å². The molecule has 3 rings (SSSR count). The second kappa shape index (κ2) is 5.95. The Balaban J connectivity index is 2.06. The molecule has 1 saturated heterocycles. The van der Waals surface area contributed by atoms with Crippen LogP contribution in [0.3, 0.4) is 0 Å². The molecule has 0 N–H and O–H groups in total. The highest BCUT2D eigenvalue weighted by atomic mass is 32.2. The van der Waals surface area contributed by atoms with E-state index in [1.54, 1.807) is 18.7 Å². The summed E-state index contributed by atoms with van der Waals surface area (Å²) in [4.78, 5) is 45.8. The molecule has 11 nitrogen and oxygen atoms in total. The van der Waals surface area contributed by atoms with Gasteiger partial charge in [-0.25, -0.2) is 9.37 Å². The normalized spacial score (nSPS) is 20.3. The average Bonchev–Trinajstić information content (AvgIpc) is 3.12. The number of nitrogens with zero attached hydrogens (tertiary/aromatic N) is 7. The lowest BCUT2D eigenvalue weighted by Gasteiger charge is -2.30. The molecule has 1 unspecified atom stereocenters. The maximum absolute atomic E-state index is 12.5. The molecule has 0 bridgehead atoms. The number of nitro groups is 1. The molecule has 1 aromatic rings. The lowest BCUT2D eigenvalue weighted by atomic mass is 10.1. The molecule has 0 radical (unpaired) electrons. The van der Waals surface area contributed by atoms with E-state index in [9.17, 15) is 19.7 Å². The van der Waals surface area contributed by atoms with Gasteiger partial charge in [0.25, 0.3) is 17.8 Å². The first kappa shape index (κ1) is 17.1. The van der Waals surface area contributed by atoms with Crippen LogP contribution in [0, 0.1) is 10.1 Å². The van der Waals surface area contributed by atoms with Crippen molar-refractivity contribution in [1.29, 1.82) is 0 Å². The van der Waals surface area contributed by atoms with Crippen LogP contribution in [0.2, 0.25) is 0 Å². The van der Waals surface area contributed by atoms with Crippen molar-refractivity contribution in [3.63, 3.8) is 0 Å². The van der Waals surface area contributed by atoms with Gasteiger partial charge < -0.3 is 14.7 Å². The smallest absolute Gasteiger partial charge is 0.358 e. The highest BCUT2D eigenvalue weighted by Crippen LogP contribution is 2.31. The van der Waals surface area contributed by atoms with Crippen molar-refractivity contribution in [2.75, 3.05) is 20.6 Å². The van der Waals surface area contributed by atoms with Crippen LogP contribution in [-0.2, 0) is 11.8 Å². The van der Waals surface area contributed by atoms with E-state index < -0.39 is 17.0 Å². The lowest BCUT2D eigenvalue weighted by Crippen LogP contribution is -2.61. The third-order valence-electron chi connectivity index (χ3n) is 4.06. The van der Waals surface area contributed by atoms with Crippen LogP contribution in [0.5, 0.6) is 0 Å². The van der Waals surface area contributed by atoms with E-state index in [0.29, 0.717) is 22.6 Å². The molecule has 1 fully saturated rings. The van der Waals surface area contributed by atoms with Crippen LogP contribution < -0.4 is 0 Å². The second-order valence-corrected chi connectivity index (χ2v) is 6.48. The number of thioether (sulfide) groups is 1. The summed E-state index contributed by atoms with van der Waals surface area (Å²) in [5.41, 5.74) is 0. The van der Waals surface area contributed by atoms with Crippen LogP contribution in [0.25, 0.3) is 0 Å². The summed E-state index contributed by atoms with van der Waals surface area (Å²) in [6.07, 6.45) is 1.35. The Morgan fingerprint density at radius 3 is 2.60 bits per heavy atom. The molecule has 2 aliphatic heterocycles. The molecular weight excluding hydrogens is 350 g/mol. The van der Waals surface area contributed by atoms with Gasteiger partial charge in [0.15, 0.2) is 5.03 Å². The number of rotatable bonds is 3. The zero-order chi connectivity index (χ0) is 18.5. The van der Waals surface area contributed by atoms with E-state index in [-0.39, 0.29) is 11.7 Å². The average molecular weight is 366 g/mol. The molecule has 0 spiro atoms. The Bertz CT molecular complexity index is 859. The summed E-state index contributed by atoms with van der Waals surface area (Å²) in [6, 6.07) is -1.18. The van der Waals surface area contributed by atoms with Gasteiger partial charge in [-0.1, -0.05) is 0 Å². The van der Waals surface area contributed by atoms with E-state index in [1.165, 1.54) is 22.8 Å². The van der Waals surface area contributed by atoms with E-state index in [4.69, 9.17) is 0 Å². The lowest BCUT2D eigenvalue weighted by molar-refractivity contribution is -0.529. The fourth-order valence-electron chi connectivity index (χ4n) is 2.71. The fraction of sp³-hybridized carbons (Fsp3) is 0.462. The van der Waals surface area contributed by atoms with Gasteiger partial charge >= 0.3 is 17.0 Å². The molecule has 1 aromatic heterocycles. The number of amides is 3. The minimum atomic E-state index is -0.715. The molecule has 25 heavy (non-hydrogen) atoms. The van der Waals surface area contributed by atoms with E-state index in [0.717, 1.165) is 16.7 Å². The summed E-state index contributed by atoms with van der Waals surface area (Å²) in [7, 11) is 4.61. The number of amidine groups is 2. The fourth-order valence-corrected chi connectivity index (χ4v) is 3.78. The topological polar surface area (TPSA) is 117 Å². The van der Waals surface area contributed by atoms with Gasteiger partial charge in [-0.05, 0) is 21.8 Å². The quantitative estimate of drug-likeness (QED) is 0.426. The Morgan fingerprint density at radius 2 is 2.00 bits per heavy atom. The number of fused-ring (bicyclic) bond motifs is 1. The van der Waals surface area contributed by atoms with Crippen molar-refractivity contribution in [2.45, 2.75) is 18.0 Å². The number of urea groups is 1. The summed E-state index contributed by atoms with van der Waals surface area (Å²) in [6.45, 7) is 2.30. The third kappa shape index (κ3) is 2.49. The van der Waals surface area contributed by atoms with Crippen molar-refractivity contribution in [2.24, 2.45) is 12.0 Å². The Kier molecular flexibility index (Phi) is 4.06. The van der Waals surface area contributed by atoms with Crippen LogP contribution >= 0.6 is 11.8 Å². The third-order valence-corrected chi connectivity index (χ3v) is 5.23. The number of hydrogen-bond donors (Lipinski definition) is 0. The van der Waals surface area contributed by atoms with Gasteiger partial charge in [0.1, 0.15) is 0 Å². The molecule has 0 aliphatic carbocycles. The Labute approximate surface area is 146 Å². The van der Waals surface area contributed by atoms with Crippen LogP contribution in [0.15, 0.2) is 16.3 Å². The number of carbonyl (C=O) groups excluding carboxylic acids is 2. The summed E-state index contributed by atoms with van der Waals surface area (Å²) in [5, 5.41) is 11.9. The standard InChI is InChI=1S/C13H16N7O4S/c1-5-19-7-8(17(3)13(22)18(4)10(7)21)15-12(19)25-11-9(20(23)24)14-6-16(11)2/h6-7H,5H2,1-4H3/q+1. The molecule has 3 heterocycles. The van der Waals surface area contributed by atoms with Gasteiger partial charge in [0.2, 0.25) is 6.33 Å². The number of likely N-dealkylation sites (N-methyl/N-ethyl adjacent to an activating group) is 3. The number of aliphatic imine (C=N–C) groups is 1. The Hall–Kier alpha value is -2.76.